The first-order valence-corrected chi connectivity index (χ1v) is 8.06. The van der Waals surface area contributed by atoms with Gasteiger partial charge in [-0.25, -0.2) is 0 Å². The summed E-state index contributed by atoms with van der Waals surface area (Å²) in [4.78, 5) is 0. The molecule has 0 aromatic rings. The Balaban J connectivity index is 1.49. The summed E-state index contributed by atoms with van der Waals surface area (Å²) in [5.41, 5.74) is 9.69. The molecule has 1 heterocycles. The van der Waals surface area contributed by atoms with Gasteiger partial charge in [0.25, 0.3) is 0 Å². The van der Waals surface area contributed by atoms with E-state index in [0.717, 1.165) is 36.9 Å². The van der Waals surface area contributed by atoms with Crippen molar-refractivity contribution in [2.24, 2.45) is 58.2 Å². The molecule has 20 heavy (non-hydrogen) atoms. The minimum Gasteiger partial charge on any atom is -0.375 e. The van der Waals surface area contributed by atoms with Crippen molar-refractivity contribution in [2.45, 2.75) is 12.2 Å². The number of ether oxygens (including phenoxy) is 2. The summed E-state index contributed by atoms with van der Waals surface area (Å²) < 4.78 is 12.4. The van der Waals surface area contributed by atoms with E-state index in [0.29, 0.717) is 23.7 Å². The number of thiocarbonyl (C=S) groups is 1. The lowest BCUT2D eigenvalue weighted by Crippen LogP contribution is -2.58. The van der Waals surface area contributed by atoms with Crippen LogP contribution in [0.5, 0.6) is 0 Å². The topological polar surface area (TPSA) is 68.9 Å². The second kappa shape index (κ2) is 3.05. The Kier molecular flexibility index (Phi) is 1.67. The highest BCUT2D eigenvalue weighted by Crippen LogP contribution is 2.85. The Morgan fingerprint density at radius 3 is 2.75 bits per heavy atom. The van der Waals surface area contributed by atoms with Gasteiger partial charge in [0, 0.05) is 29.4 Å². The lowest BCUT2D eigenvalue weighted by atomic mass is 9.58. The second-order valence-electron chi connectivity index (χ2n) is 7.25. The van der Waals surface area contributed by atoms with E-state index in [2.05, 4.69) is 10.5 Å². The van der Waals surface area contributed by atoms with Crippen LogP contribution < -0.4 is 11.2 Å². The fourth-order valence-electron chi connectivity index (χ4n) is 7.24. The molecule has 0 radical (unpaired) electrons. The van der Waals surface area contributed by atoms with E-state index in [1.54, 1.807) is 0 Å². The summed E-state index contributed by atoms with van der Waals surface area (Å²) in [7, 11) is 0. The third-order valence-electron chi connectivity index (χ3n) is 7.15. The number of nitrogens with two attached hydrogens (primary N) is 1. The van der Waals surface area contributed by atoms with Crippen LogP contribution in [-0.2, 0) is 9.47 Å². The SMILES string of the molecule is NC(=S)NN=C1[C@@H]2[C@@H]3[C@@H]4C[C@H]5[C@H]3[C@@H]2C2(OCCO2)[C@@H]5[C@H]14. The van der Waals surface area contributed by atoms with Crippen molar-refractivity contribution in [1.82, 2.24) is 5.43 Å². The van der Waals surface area contributed by atoms with E-state index in [1.807, 2.05) is 0 Å². The van der Waals surface area contributed by atoms with Gasteiger partial charge < -0.3 is 15.2 Å². The van der Waals surface area contributed by atoms with Crippen molar-refractivity contribution >= 4 is 23.0 Å². The lowest BCUT2D eigenvalue weighted by molar-refractivity contribution is -0.240. The smallest absolute Gasteiger partial charge is 0.184 e. The number of hydrazone groups is 1. The summed E-state index contributed by atoms with van der Waals surface area (Å²) in [5, 5.41) is 4.85. The third-order valence-corrected chi connectivity index (χ3v) is 7.24. The fourth-order valence-corrected chi connectivity index (χ4v) is 7.29. The molecule has 1 spiro atoms. The number of nitrogens with one attached hydrogen (secondary N) is 1. The largest absolute Gasteiger partial charge is 0.375 e. The van der Waals surface area contributed by atoms with Crippen LogP contribution in [0.1, 0.15) is 6.42 Å². The molecule has 6 fully saturated rings. The molecule has 0 unspecified atom stereocenters. The van der Waals surface area contributed by atoms with Crippen molar-refractivity contribution in [2.75, 3.05) is 13.2 Å². The van der Waals surface area contributed by atoms with E-state index in [4.69, 9.17) is 27.4 Å². The van der Waals surface area contributed by atoms with Crippen molar-refractivity contribution in [3.63, 3.8) is 0 Å². The van der Waals surface area contributed by atoms with Crippen molar-refractivity contribution in [3.8, 4) is 0 Å². The molecule has 8 atom stereocenters. The summed E-state index contributed by atoms with van der Waals surface area (Å²) in [6.07, 6.45) is 1.36. The quantitative estimate of drug-likeness (QED) is 0.537. The Bertz CT molecular complexity index is 573. The van der Waals surface area contributed by atoms with Crippen LogP contribution >= 0.6 is 12.2 Å². The molecular formula is C14H17N3O2S. The van der Waals surface area contributed by atoms with Gasteiger partial charge in [0.2, 0.25) is 0 Å². The van der Waals surface area contributed by atoms with Gasteiger partial charge in [-0.05, 0) is 42.3 Å². The van der Waals surface area contributed by atoms with Crippen LogP contribution in [0.3, 0.4) is 0 Å². The number of nitrogens with zero attached hydrogens (tertiary/aromatic N) is 1. The maximum Gasteiger partial charge on any atom is 0.184 e. The molecule has 6 rings (SSSR count). The van der Waals surface area contributed by atoms with Crippen LogP contribution in [-0.4, -0.2) is 29.8 Å². The Morgan fingerprint density at radius 2 is 2.00 bits per heavy atom. The molecule has 1 saturated heterocycles. The Labute approximate surface area is 122 Å². The molecule has 0 aromatic carbocycles. The number of hydrogen-bond acceptors (Lipinski definition) is 4. The van der Waals surface area contributed by atoms with Crippen LogP contribution in [0.25, 0.3) is 0 Å². The minimum absolute atomic E-state index is 0.255. The molecule has 6 heteroatoms. The first-order chi connectivity index (χ1) is 9.74. The summed E-state index contributed by atoms with van der Waals surface area (Å²) in [6, 6.07) is 0. The van der Waals surface area contributed by atoms with Crippen molar-refractivity contribution in [1.29, 1.82) is 0 Å². The highest BCUT2D eigenvalue weighted by Gasteiger charge is 2.88. The zero-order chi connectivity index (χ0) is 13.2. The molecule has 5 nitrogen and oxygen atoms in total. The monoisotopic (exact) mass is 291 g/mol. The van der Waals surface area contributed by atoms with E-state index in [-0.39, 0.29) is 10.9 Å². The first-order valence-electron chi connectivity index (χ1n) is 7.65. The van der Waals surface area contributed by atoms with E-state index < -0.39 is 0 Å². The fraction of sp³-hybridized carbons (Fsp3) is 0.857. The predicted octanol–water partition coefficient (Wildman–Crippen LogP) is 0.306. The lowest BCUT2D eigenvalue weighted by Gasteiger charge is -2.51. The van der Waals surface area contributed by atoms with Crippen LogP contribution in [0, 0.1) is 47.3 Å². The molecule has 1 aliphatic heterocycles. The molecular weight excluding hydrogens is 274 g/mol. The van der Waals surface area contributed by atoms with Gasteiger partial charge in [-0.2, -0.15) is 5.10 Å². The highest BCUT2D eigenvalue weighted by atomic mass is 32.1. The molecule has 0 amide bonds. The van der Waals surface area contributed by atoms with Crippen molar-refractivity contribution < 1.29 is 9.47 Å². The predicted molar refractivity (Wildman–Crippen MR) is 74.5 cm³/mol. The van der Waals surface area contributed by atoms with E-state index in [9.17, 15) is 0 Å². The second-order valence-corrected chi connectivity index (χ2v) is 7.69. The van der Waals surface area contributed by atoms with Gasteiger partial charge in [0.1, 0.15) is 0 Å². The summed E-state index contributed by atoms with van der Waals surface area (Å²) in [5.74, 6) is 5.22. The maximum atomic E-state index is 6.19. The normalized spacial score (nSPS) is 59.9. The van der Waals surface area contributed by atoms with E-state index in [1.165, 1.54) is 12.1 Å². The molecule has 5 aliphatic carbocycles. The standard InChI is InChI=1S/C14H17N3O2S/c15-13(20)17-16-12-8-4-3-5-7-6(4)9(12)11(7)14(10(5)8)18-1-2-19-14/h4-11H,1-3H2,(H3,15,17,20)/t4-,5-,6+,7+,8+,9+,10-,11-/m0/s1. The van der Waals surface area contributed by atoms with Crippen LogP contribution in [0.2, 0.25) is 0 Å². The van der Waals surface area contributed by atoms with E-state index >= 15 is 0 Å². The van der Waals surface area contributed by atoms with Crippen LogP contribution in [0.4, 0.5) is 0 Å². The van der Waals surface area contributed by atoms with Gasteiger partial charge in [-0.15, -0.1) is 0 Å². The highest BCUT2D eigenvalue weighted by molar-refractivity contribution is 7.80. The molecule has 6 aliphatic rings. The van der Waals surface area contributed by atoms with Gasteiger partial charge in [-0.3, -0.25) is 5.43 Å². The average Bonchev–Trinajstić information content (AvgIpc) is 3.04. The zero-order valence-electron chi connectivity index (χ0n) is 11.0. The number of fused-ring (bicyclic) bond motifs is 4. The van der Waals surface area contributed by atoms with Gasteiger partial charge in [0.05, 0.1) is 13.2 Å². The molecule has 3 N–H and O–H groups in total. The minimum atomic E-state index is -0.255. The average molecular weight is 291 g/mol. The third kappa shape index (κ3) is 0.853. The Hall–Kier alpha value is -0.720. The molecule has 5 saturated carbocycles. The first kappa shape index (κ1) is 10.9. The number of rotatable bonds is 1. The van der Waals surface area contributed by atoms with Gasteiger partial charge >= 0.3 is 0 Å². The van der Waals surface area contributed by atoms with Crippen LogP contribution in [0.15, 0.2) is 5.10 Å². The molecule has 2 bridgehead atoms. The van der Waals surface area contributed by atoms with Crippen molar-refractivity contribution in [3.05, 3.63) is 0 Å². The number of hydrogen-bond donors (Lipinski definition) is 2. The van der Waals surface area contributed by atoms with Gasteiger partial charge in [0.15, 0.2) is 10.9 Å². The molecule has 0 aromatic heterocycles. The summed E-state index contributed by atoms with van der Waals surface area (Å²) >= 11 is 4.89. The Morgan fingerprint density at radius 1 is 1.20 bits per heavy atom. The van der Waals surface area contributed by atoms with Gasteiger partial charge in [-0.1, -0.05) is 0 Å². The maximum absolute atomic E-state index is 6.19. The summed E-state index contributed by atoms with van der Waals surface area (Å²) in [6.45, 7) is 1.53. The zero-order valence-corrected chi connectivity index (χ0v) is 11.8. The molecule has 106 valence electrons.